The highest BCUT2D eigenvalue weighted by molar-refractivity contribution is 7.13. The van der Waals surface area contributed by atoms with E-state index in [1.54, 1.807) is 11.3 Å². The van der Waals surface area contributed by atoms with E-state index >= 15 is 0 Å². The molecule has 1 fully saturated rings. The second-order valence-electron chi connectivity index (χ2n) is 4.96. The van der Waals surface area contributed by atoms with Gasteiger partial charge in [-0.3, -0.25) is 5.10 Å². The van der Waals surface area contributed by atoms with Crippen LogP contribution < -0.4 is 5.32 Å². The lowest BCUT2D eigenvalue weighted by atomic mass is 10.0. The van der Waals surface area contributed by atoms with Crippen molar-refractivity contribution in [3.63, 3.8) is 0 Å². The Bertz CT molecular complexity index is 500. The largest absolute Gasteiger partial charge is 0.379 e. The number of ether oxygens (including phenoxy) is 1. The predicted octanol–water partition coefficient (Wildman–Crippen LogP) is 2.41. The third kappa shape index (κ3) is 2.34. The lowest BCUT2D eigenvalue weighted by Gasteiger charge is -2.23. The molecule has 96 valence electrons. The number of nitrogens with one attached hydrogen (secondary N) is 2. The molecule has 4 nitrogen and oxygen atoms in total. The third-order valence-corrected chi connectivity index (χ3v) is 4.30. The summed E-state index contributed by atoms with van der Waals surface area (Å²) in [4.78, 5) is 1.23. The summed E-state index contributed by atoms with van der Waals surface area (Å²) in [5, 5.41) is 12.9. The van der Waals surface area contributed by atoms with Gasteiger partial charge >= 0.3 is 0 Å². The van der Waals surface area contributed by atoms with Gasteiger partial charge in [-0.2, -0.15) is 5.10 Å². The molecule has 2 aromatic rings. The molecule has 1 atom stereocenters. The van der Waals surface area contributed by atoms with Crippen molar-refractivity contribution < 1.29 is 4.74 Å². The lowest BCUT2D eigenvalue weighted by Crippen LogP contribution is -2.42. The first-order valence-corrected chi connectivity index (χ1v) is 7.04. The summed E-state index contributed by atoms with van der Waals surface area (Å²) >= 11 is 1.73. The molecule has 0 aliphatic carbocycles. The van der Waals surface area contributed by atoms with E-state index in [0.29, 0.717) is 0 Å². The van der Waals surface area contributed by atoms with E-state index < -0.39 is 0 Å². The molecule has 2 aromatic heterocycles. The highest BCUT2D eigenvalue weighted by atomic mass is 32.1. The van der Waals surface area contributed by atoms with Crippen LogP contribution in [0.3, 0.4) is 0 Å². The lowest BCUT2D eigenvalue weighted by molar-refractivity contribution is 0.171. The maximum atomic E-state index is 5.45. The molecule has 1 saturated heterocycles. The SMILES string of the molecule is CC1(NCc2cn[nH]c2-c2cccs2)CCOC1. The zero-order chi connectivity index (χ0) is 12.4. The molecule has 18 heavy (non-hydrogen) atoms. The molecule has 0 aromatic carbocycles. The number of nitrogens with zero attached hydrogens (tertiary/aromatic N) is 1. The molecule has 1 unspecified atom stereocenters. The van der Waals surface area contributed by atoms with Gasteiger partial charge in [0.05, 0.1) is 23.4 Å². The monoisotopic (exact) mass is 263 g/mol. The van der Waals surface area contributed by atoms with Crippen LogP contribution in [-0.2, 0) is 11.3 Å². The van der Waals surface area contributed by atoms with Crippen molar-refractivity contribution in [3.8, 4) is 10.6 Å². The van der Waals surface area contributed by atoms with Crippen molar-refractivity contribution in [1.82, 2.24) is 15.5 Å². The molecule has 0 spiro atoms. The second kappa shape index (κ2) is 4.84. The number of thiophene rings is 1. The van der Waals surface area contributed by atoms with Gasteiger partial charge in [0.2, 0.25) is 0 Å². The van der Waals surface area contributed by atoms with E-state index in [1.165, 1.54) is 10.4 Å². The Labute approximate surface area is 110 Å². The Hall–Kier alpha value is -1.17. The third-order valence-electron chi connectivity index (χ3n) is 3.41. The molecule has 3 heterocycles. The maximum absolute atomic E-state index is 5.45. The maximum Gasteiger partial charge on any atom is 0.0794 e. The van der Waals surface area contributed by atoms with Gasteiger partial charge < -0.3 is 10.1 Å². The van der Waals surface area contributed by atoms with E-state index in [9.17, 15) is 0 Å². The Morgan fingerprint density at radius 3 is 3.28 bits per heavy atom. The average molecular weight is 263 g/mol. The van der Waals surface area contributed by atoms with Crippen LogP contribution in [0.25, 0.3) is 10.6 Å². The zero-order valence-electron chi connectivity index (χ0n) is 10.4. The summed E-state index contributed by atoms with van der Waals surface area (Å²) in [6.45, 7) is 4.68. The van der Waals surface area contributed by atoms with Crippen LogP contribution in [0.1, 0.15) is 18.9 Å². The van der Waals surface area contributed by atoms with Gasteiger partial charge in [-0.1, -0.05) is 6.07 Å². The van der Waals surface area contributed by atoms with E-state index in [2.05, 4.69) is 40.0 Å². The fourth-order valence-corrected chi connectivity index (χ4v) is 2.95. The van der Waals surface area contributed by atoms with E-state index in [-0.39, 0.29) is 5.54 Å². The quantitative estimate of drug-likeness (QED) is 0.890. The summed E-state index contributed by atoms with van der Waals surface area (Å²) in [5.74, 6) is 0. The van der Waals surface area contributed by atoms with Crippen LogP contribution >= 0.6 is 11.3 Å². The number of aromatic amines is 1. The molecular formula is C13H17N3OS. The number of hydrogen-bond donors (Lipinski definition) is 2. The summed E-state index contributed by atoms with van der Waals surface area (Å²) in [6, 6.07) is 4.17. The molecule has 5 heteroatoms. The highest BCUT2D eigenvalue weighted by Gasteiger charge is 2.29. The topological polar surface area (TPSA) is 49.9 Å². The van der Waals surface area contributed by atoms with Crippen LogP contribution in [0.2, 0.25) is 0 Å². The smallest absolute Gasteiger partial charge is 0.0794 e. The Morgan fingerprint density at radius 1 is 1.61 bits per heavy atom. The molecule has 1 aliphatic rings. The molecule has 0 saturated carbocycles. The Balaban J connectivity index is 1.72. The van der Waals surface area contributed by atoms with Gasteiger partial charge in [0.15, 0.2) is 0 Å². The minimum Gasteiger partial charge on any atom is -0.379 e. The van der Waals surface area contributed by atoms with Crippen molar-refractivity contribution in [2.45, 2.75) is 25.4 Å². The van der Waals surface area contributed by atoms with Crippen molar-refractivity contribution in [2.24, 2.45) is 0 Å². The second-order valence-corrected chi connectivity index (χ2v) is 5.91. The molecule has 0 bridgehead atoms. The van der Waals surface area contributed by atoms with Crippen LogP contribution in [0.15, 0.2) is 23.7 Å². The Kier molecular flexibility index (Phi) is 3.20. The van der Waals surface area contributed by atoms with Crippen molar-refractivity contribution in [2.75, 3.05) is 13.2 Å². The van der Waals surface area contributed by atoms with Gasteiger partial charge in [0, 0.05) is 24.3 Å². The molecule has 0 radical (unpaired) electrons. The predicted molar refractivity (Wildman–Crippen MR) is 72.6 cm³/mol. The number of hydrogen-bond acceptors (Lipinski definition) is 4. The van der Waals surface area contributed by atoms with Crippen molar-refractivity contribution in [3.05, 3.63) is 29.3 Å². The number of H-pyrrole nitrogens is 1. The van der Waals surface area contributed by atoms with Crippen molar-refractivity contribution in [1.29, 1.82) is 0 Å². The van der Waals surface area contributed by atoms with Crippen LogP contribution in [0.5, 0.6) is 0 Å². The first-order chi connectivity index (χ1) is 8.77. The minimum absolute atomic E-state index is 0.101. The van der Waals surface area contributed by atoms with Gasteiger partial charge in [-0.25, -0.2) is 0 Å². The summed E-state index contributed by atoms with van der Waals surface area (Å²) in [5.41, 5.74) is 2.44. The van der Waals surface area contributed by atoms with E-state index in [1.807, 2.05) is 6.20 Å². The van der Waals surface area contributed by atoms with Gasteiger partial charge in [0.1, 0.15) is 0 Å². The fraction of sp³-hybridized carbons (Fsp3) is 0.462. The average Bonchev–Trinajstić information content (AvgIpc) is 3.08. The molecule has 0 amide bonds. The zero-order valence-corrected chi connectivity index (χ0v) is 11.2. The summed E-state index contributed by atoms with van der Waals surface area (Å²) in [7, 11) is 0. The molecule has 3 rings (SSSR count). The van der Waals surface area contributed by atoms with Crippen LogP contribution in [-0.4, -0.2) is 29.0 Å². The fourth-order valence-electron chi connectivity index (χ4n) is 2.19. The number of aromatic nitrogens is 2. The standard InChI is InChI=1S/C13H17N3OS/c1-13(4-5-17-9-13)14-7-10-8-15-16-12(10)11-3-2-6-18-11/h2-3,6,8,14H,4-5,7,9H2,1H3,(H,15,16). The first kappa shape index (κ1) is 11.9. The molecule has 1 aliphatic heterocycles. The number of rotatable bonds is 4. The molecular weight excluding hydrogens is 246 g/mol. The van der Waals surface area contributed by atoms with E-state index in [4.69, 9.17) is 4.74 Å². The van der Waals surface area contributed by atoms with Crippen LogP contribution in [0, 0.1) is 0 Å². The van der Waals surface area contributed by atoms with Crippen LogP contribution in [0.4, 0.5) is 0 Å². The molecule has 2 N–H and O–H groups in total. The Morgan fingerprint density at radius 2 is 2.56 bits per heavy atom. The summed E-state index contributed by atoms with van der Waals surface area (Å²) in [6.07, 6.45) is 2.97. The summed E-state index contributed by atoms with van der Waals surface area (Å²) < 4.78 is 5.45. The van der Waals surface area contributed by atoms with Gasteiger partial charge in [0.25, 0.3) is 0 Å². The van der Waals surface area contributed by atoms with E-state index in [0.717, 1.165) is 31.9 Å². The minimum atomic E-state index is 0.101. The highest BCUT2D eigenvalue weighted by Crippen LogP contribution is 2.26. The first-order valence-electron chi connectivity index (χ1n) is 6.16. The van der Waals surface area contributed by atoms with Gasteiger partial charge in [-0.15, -0.1) is 11.3 Å². The van der Waals surface area contributed by atoms with Gasteiger partial charge in [-0.05, 0) is 24.8 Å². The normalized spacial score (nSPS) is 23.6. The van der Waals surface area contributed by atoms with Crippen molar-refractivity contribution >= 4 is 11.3 Å².